The van der Waals surface area contributed by atoms with Crippen molar-refractivity contribution in [1.29, 1.82) is 0 Å². The normalized spacial score (nSPS) is 19.8. The standard InChI is InChI=1S/C13H17Cl2NO/c1-9(16-8-13(17)5-2-6-13)10-3-4-11(14)12(15)7-10/h3-4,7,9,16-17H,2,5-6,8H2,1H3. The highest BCUT2D eigenvalue weighted by Gasteiger charge is 2.34. The van der Waals surface area contributed by atoms with Crippen LogP contribution in [0.25, 0.3) is 0 Å². The van der Waals surface area contributed by atoms with Gasteiger partial charge in [-0.3, -0.25) is 0 Å². The molecule has 2 rings (SSSR count). The number of rotatable bonds is 4. The zero-order valence-corrected chi connectivity index (χ0v) is 11.4. The van der Waals surface area contributed by atoms with Gasteiger partial charge < -0.3 is 10.4 Å². The Labute approximate surface area is 112 Å². The zero-order chi connectivity index (χ0) is 12.5. The van der Waals surface area contributed by atoms with E-state index in [1.165, 1.54) is 0 Å². The number of halogens is 2. The largest absolute Gasteiger partial charge is 0.389 e. The Morgan fingerprint density at radius 1 is 1.35 bits per heavy atom. The van der Waals surface area contributed by atoms with Crippen LogP contribution in [0.3, 0.4) is 0 Å². The minimum Gasteiger partial charge on any atom is -0.389 e. The smallest absolute Gasteiger partial charge is 0.0771 e. The fourth-order valence-corrected chi connectivity index (χ4v) is 2.31. The molecule has 17 heavy (non-hydrogen) atoms. The summed E-state index contributed by atoms with van der Waals surface area (Å²) in [5.74, 6) is 0. The molecule has 1 aromatic rings. The van der Waals surface area contributed by atoms with E-state index in [4.69, 9.17) is 23.2 Å². The Morgan fingerprint density at radius 3 is 2.59 bits per heavy atom. The van der Waals surface area contributed by atoms with E-state index in [-0.39, 0.29) is 6.04 Å². The molecule has 0 radical (unpaired) electrons. The number of aliphatic hydroxyl groups is 1. The van der Waals surface area contributed by atoms with Crippen molar-refractivity contribution in [3.8, 4) is 0 Å². The van der Waals surface area contributed by atoms with Crippen molar-refractivity contribution in [3.05, 3.63) is 33.8 Å². The predicted octanol–water partition coefficient (Wildman–Crippen LogP) is 3.56. The summed E-state index contributed by atoms with van der Waals surface area (Å²) in [7, 11) is 0. The molecule has 4 heteroatoms. The molecule has 1 aliphatic carbocycles. The second-order valence-electron chi connectivity index (χ2n) is 4.85. The maximum absolute atomic E-state index is 9.99. The van der Waals surface area contributed by atoms with Crippen LogP contribution in [0.1, 0.15) is 37.8 Å². The summed E-state index contributed by atoms with van der Waals surface area (Å²) in [5.41, 5.74) is 0.590. The maximum atomic E-state index is 9.99. The summed E-state index contributed by atoms with van der Waals surface area (Å²) >= 11 is 11.9. The van der Waals surface area contributed by atoms with Crippen LogP contribution in [0.4, 0.5) is 0 Å². The van der Waals surface area contributed by atoms with Gasteiger partial charge in [-0.15, -0.1) is 0 Å². The number of benzene rings is 1. The molecule has 94 valence electrons. The molecule has 0 bridgehead atoms. The van der Waals surface area contributed by atoms with Gasteiger partial charge in [-0.25, -0.2) is 0 Å². The number of hydrogen-bond donors (Lipinski definition) is 2. The van der Waals surface area contributed by atoms with E-state index in [1.54, 1.807) is 6.07 Å². The van der Waals surface area contributed by atoms with Gasteiger partial charge in [0.1, 0.15) is 0 Å². The maximum Gasteiger partial charge on any atom is 0.0771 e. The molecular weight excluding hydrogens is 257 g/mol. The van der Waals surface area contributed by atoms with Gasteiger partial charge in [0.05, 0.1) is 15.6 Å². The minimum absolute atomic E-state index is 0.161. The molecule has 0 heterocycles. The third-order valence-corrected chi connectivity index (χ3v) is 4.20. The first kappa shape index (κ1) is 13.2. The van der Waals surface area contributed by atoms with E-state index in [9.17, 15) is 5.11 Å². The lowest BCUT2D eigenvalue weighted by Gasteiger charge is -2.37. The molecule has 2 nitrogen and oxygen atoms in total. The van der Waals surface area contributed by atoms with Gasteiger partial charge in [0, 0.05) is 12.6 Å². The first-order chi connectivity index (χ1) is 8.00. The van der Waals surface area contributed by atoms with Crippen LogP contribution in [0.5, 0.6) is 0 Å². The Kier molecular flexibility index (Phi) is 3.99. The summed E-state index contributed by atoms with van der Waals surface area (Å²) in [6.07, 6.45) is 2.92. The summed E-state index contributed by atoms with van der Waals surface area (Å²) in [5, 5.41) is 14.5. The highest BCUT2D eigenvalue weighted by atomic mass is 35.5. The third kappa shape index (κ3) is 3.14. The Hall–Kier alpha value is -0.280. The second-order valence-corrected chi connectivity index (χ2v) is 5.67. The monoisotopic (exact) mass is 273 g/mol. The lowest BCUT2D eigenvalue weighted by Crippen LogP contribution is -2.46. The summed E-state index contributed by atoms with van der Waals surface area (Å²) < 4.78 is 0. The van der Waals surface area contributed by atoms with E-state index in [1.807, 2.05) is 12.1 Å². The van der Waals surface area contributed by atoms with Crippen molar-refractivity contribution in [1.82, 2.24) is 5.32 Å². The molecule has 1 aliphatic rings. The molecule has 0 aromatic heterocycles. The van der Waals surface area contributed by atoms with Crippen LogP contribution in [-0.4, -0.2) is 17.3 Å². The van der Waals surface area contributed by atoms with Crippen molar-refractivity contribution in [2.45, 2.75) is 37.8 Å². The van der Waals surface area contributed by atoms with Gasteiger partial charge >= 0.3 is 0 Å². The van der Waals surface area contributed by atoms with Crippen molar-refractivity contribution in [3.63, 3.8) is 0 Å². The SMILES string of the molecule is CC(NCC1(O)CCC1)c1ccc(Cl)c(Cl)c1. The van der Waals surface area contributed by atoms with E-state index >= 15 is 0 Å². The van der Waals surface area contributed by atoms with Crippen molar-refractivity contribution < 1.29 is 5.11 Å². The quantitative estimate of drug-likeness (QED) is 0.879. The Bertz CT molecular complexity index is 404. The summed E-state index contributed by atoms with van der Waals surface area (Å²) in [4.78, 5) is 0. The van der Waals surface area contributed by atoms with Crippen molar-refractivity contribution >= 4 is 23.2 Å². The molecule has 0 aliphatic heterocycles. The van der Waals surface area contributed by atoms with Crippen LogP contribution in [0.2, 0.25) is 10.0 Å². The van der Waals surface area contributed by atoms with Crippen molar-refractivity contribution in [2.24, 2.45) is 0 Å². The zero-order valence-electron chi connectivity index (χ0n) is 9.84. The molecular formula is C13H17Cl2NO. The Balaban J connectivity index is 1.94. The van der Waals surface area contributed by atoms with Crippen LogP contribution in [0.15, 0.2) is 18.2 Å². The first-order valence-corrected chi connectivity index (χ1v) is 6.66. The highest BCUT2D eigenvalue weighted by Crippen LogP contribution is 2.31. The number of hydrogen-bond acceptors (Lipinski definition) is 2. The van der Waals surface area contributed by atoms with E-state index in [0.717, 1.165) is 24.8 Å². The summed E-state index contributed by atoms with van der Waals surface area (Å²) in [6.45, 7) is 2.69. The van der Waals surface area contributed by atoms with Gasteiger partial charge in [-0.2, -0.15) is 0 Å². The molecule has 0 saturated heterocycles. The highest BCUT2D eigenvalue weighted by molar-refractivity contribution is 6.42. The van der Waals surface area contributed by atoms with Gasteiger partial charge in [0.25, 0.3) is 0 Å². The molecule has 2 N–H and O–H groups in total. The predicted molar refractivity (Wildman–Crippen MR) is 71.7 cm³/mol. The lowest BCUT2D eigenvalue weighted by molar-refractivity contribution is -0.0329. The fourth-order valence-electron chi connectivity index (χ4n) is 2.00. The molecule has 1 fully saturated rings. The lowest BCUT2D eigenvalue weighted by atomic mass is 9.80. The average molecular weight is 274 g/mol. The average Bonchev–Trinajstić information content (AvgIpc) is 2.27. The van der Waals surface area contributed by atoms with Gasteiger partial charge in [0.15, 0.2) is 0 Å². The van der Waals surface area contributed by atoms with Crippen LogP contribution in [0, 0.1) is 0 Å². The van der Waals surface area contributed by atoms with Gasteiger partial charge in [-0.1, -0.05) is 29.3 Å². The molecule has 1 atom stereocenters. The van der Waals surface area contributed by atoms with Gasteiger partial charge in [-0.05, 0) is 43.9 Å². The Morgan fingerprint density at radius 2 is 2.06 bits per heavy atom. The fraction of sp³-hybridized carbons (Fsp3) is 0.538. The molecule has 1 aromatic carbocycles. The second kappa shape index (κ2) is 5.15. The van der Waals surface area contributed by atoms with Crippen LogP contribution in [-0.2, 0) is 0 Å². The van der Waals surface area contributed by atoms with Crippen LogP contribution >= 0.6 is 23.2 Å². The molecule has 0 spiro atoms. The topological polar surface area (TPSA) is 32.3 Å². The van der Waals surface area contributed by atoms with Crippen LogP contribution < -0.4 is 5.32 Å². The molecule has 1 saturated carbocycles. The van der Waals surface area contributed by atoms with Crippen molar-refractivity contribution in [2.75, 3.05) is 6.54 Å². The molecule has 0 amide bonds. The first-order valence-electron chi connectivity index (χ1n) is 5.91. The third-order valence-electron chi connectivity index (χ3n) is 3.47. The molecule has 1 unspecified atom stereocenters. The summed E-state index contributed by atoms with van der Waals surface area (Å²) in [6, 6.07) is 5.79. The number of nitrogens with one attached hydrogen (secondary N) is 1. The van der Waals surface area contributed by atoms with E-state index in [2.05, 4.69) is 12.2 Å². The van der Waals surface area contributed by atoms with E-state index < -0.39 is 5.60 Å². The van der Waals surface area contributed by atoms with Gasteiger partial charge in [0.2, 0.25) is 0 Å². The van der Waals surface area contributed by atoms with E-state index in [0.29, 0.717) is 16.6 Å². The minimum atomic E-state index is -0.496.